The van der Waals surface area contributed by atoms with Gasteiger partial charge in [0.1, 0.15) is 11.9 Å². The van der Waals surface area contributed by atoms with E-state index in [0.717, 1.165) is 5.84 Å². The Kier molecular flexibility index (Phi) is 2.57. The summed E-state index contributed by atoms with van der Waals surface area (Å²) in [7, 11) is 0. The summed E-state index contributed by atoms with van der Waals surface area (Å²) in [5.41, 5.74) is 0.477. The smallest absolute Gasteiger partial charge is 0.249 e. The summed E-state index contributed by atoms with van der Waals surface area (Å²) < 4.78 is 0. The van der Waals surface area contributed by atoms with Crippen LogP contribution in [0.2, 0.25) is 0 Å². The van der Waals surface area contributed by atoms with Gasteiger partial charge in [-0.3, -0.25) is 9.79 Å². The molecule has 2 rings (SSSR count). The highest BCUT2D eigenvalue weighted by molar-refractivity contribution is 6.06. The van der Waals surface area contributed by atoms with Gasteiger partial charge in [-0.2, -0.15) is 0 Å². The number of nitrogens with zero attached hydrogens (tertiary/aromatic N) is 1. The van der Waals surface area contributed by atoms with Crippen molar-refractivity contribution < 1.29 is 4.79 Å². The van der Waals surface area contributed by atoms with Gasteiger partial charge in [-0.05, 0) is 38.0 Å². The van der Waals surface area contributed by atoms with Crippen molar-refractivity contribution in [2.45, 2.75) is 52.5 Å². The lowest BCUT2D eigenvalue weighted by Gasteiger charge is -2.34. The number of amides is 1. The summed E-state index contributed by atoms with van der Waals surface area (Å²) in [5, 5.41) is 2.91. The number of hydrogen-bond acceptors (Lipinski definition) is 2. The number of carbonyl (C=O) groups is 1. The maximum Gasteiger partial charge on any atom is 0.249 e. The molecule has 0 aromatic heterocycles. The van der Waals surface area contributed by atoms with E-state index in [2.05, 4.69) is 24.2 Å². The van der Waals surface area contributed by atoms with Crippen molar-refractivity contribution in [3.05, 3.63) is 0 Å². The topological polar surface area (TPSA) is 41.5 Å². The number of amidine groups is 1. The first-order chi connectivity index (χ1) is 6.98. The molecule has 1 atom stereocenters. The summed E-state index contributed by atoms with van der Waals surface area (Å²) in [4.78, 5) is 15.7. The van der Waals surface area contributed by atoms with Crippen LogP contribution in [0.1, 0.15) is 46.5 Å². The Balaban J connectivity index is 1.97. The monoisotopic (exact) mass is 208 g/mol. The van der Waals surface area contributed by atoms with Crippen molar-refractivity contribution in [2.75, 3.05) is 0 Å². The zero-order chi connectivity index (χ0) is 11.1. The molecule has 15 heavy (non-hydrogen) atoms. The summed E-state index contributed by atoms with van der Waals surface area (Å²) in [6, 6.07) is -0.171. The Morgan fingerprint density at radius 2 is 1.93 bits per heavy atom. The molecule has 1 amide bonds. The highest BCUT2D eigenvalue weighted by atomic mass is 16.2. The molecule has 0 aromatic carbocycles. The fourth-order valence-corrected chi connectivity index (χ4v) is 2.41. The van der Waals surface area contributed by atoms with Crippen molar-refractivity contribution in [3.63, 3.8) is 0 Å². The molecule has 1 N–H and O–H groups in total. The van der Waals surface area contributed by atoms with E-state index in [1.54, 1.807) is 0 Å². The third-order valence-electron chi connectivity index (χ3n) is 3.69. The Labute approximate surface area is 91.3 Å². The minimum Gasteiger partial charge on any atom is -0.312 e. The fraction of sp³-hybridized carbons (Fsp3) is 0.833. The average molecular weight is 208 g/mol. The number of rotatable bonds is 1. The van der Waals surface area contributed by atoms with Crippen molar-refractivity contribution in [1.29, 1.82) is 0 Å². The largest absolute Gasteiger partial charge is 0.312 e. The highest BCUT2D eigenvalue weighted by Gasteiger charge is 2.33. The maximum atomic E-state index is 11.3. The molecule has 1 fully saturated rings. The van der Waals surface area contributed by atoms with E-state index in [4.69, 9.17) is 0 Å². The van der Waals surface area contributed by atoms with Crippen molar-refractivity contribution in [3.8, 4) is 0 Å². The molecule has 1 heterocycles. The third-order valence-corrected chi connectivity index (χ3v) is 3.69. The summed E-state index contributed by atoms with van der Waals surface area (Å²) >= 11 is 0. The van der Waals surface area contributed by atoms with Crippen molar-refractivity contribution in [1.82, 2.24) is 5.32 Å². The molecule has 0 bridgehead atoms. The quantitative estimate of drug-likeness (QED) is 0.704. The van der Waals surface area contributed by atoms with Gasteiger partial charge < -0.3 is 5.32 Å². The molecule has 0 radical (unpaired) electrons. The van der Waals surface area contributed by atoms with Crippen LogP contribution >= 0.6 is 0 Å². The molecule has 84 valence electrons. The number of hydrogen-bond donors (Lipinski definition) is 1. The fourth-order valence-electron chi connectivity index (χ4n) is 2.41. The molecule has 1 unspecified atom stereocenters. The van der Waals surface area contributed by atoms with E-state index < -0.39 is 0 Å². The summed E-state index contributed by atoms with van der Waals surface area (Å²) in [6.45, 7) is 6.50. The molecule has 1 saturated carbocycles. The second kappa shape index (κ2) is 3.62. The van der Waals surface area contributed by atoms with Gasteiger partial charge >= 0.3 is 0 Å². The number of nitrogens with one attached hydrogen (secondary N) is 1. The van der Waals surface area contributed by atoms with Crippen LogP contribution < -0.4 is 5.32 Å². The van der Waals surface area contributed by atoms with E-state index in [-0.39, 0.29) is 11.9 Å². The van der Waals surface area contributed by atoms with E-state index >= 15 is 0 Å². The SMILES string of the molecule is CC1N=C(C2CCC(C)(C)CC2)NC1=O. The Morgan fingerprint density at radius 1 is 1.33 bits per heavy atom. The van der Waals surface area contributed by atoms with Gasteiger partial charge in [0.15, 0.2) is 0 Å². The first kappa shape index (κ1) is 10.7. The van der Waals surface area contributed by atoms with Crippen LogP contribution in [0.25, 0.3) is 0 Å². The zero-order valence-electron chi connectivity index (χ0n) is 9.84. The first-order valence-electron chi connectivity index (χ1n) is 5.86. The van der Waals surface area contributed by atoms with Gasteiger partial charge in [0, 0.05) is 5.92 Å². The van der Waals surface area contributed by atoms with Crippen LogP contribution in [0.5, 0.6) is 0 Å². The predicted octanol–water partition coefficient (Wildman–Crippen LogP) is 2.12. The van der Waals surface area contributed by atoms with Gasteiger partial charge in [0.2, 0.25) is 5.91 Å². The Morgan fingerprint density at radius 3 is 2.40 bits per heavy atom. The van der Waals surface area contributed by atoms with Crippen LogP contribution in [0.3, 0.4) is 0 Å². The van der Waals surface area contributed by atoms with E-state index in [0.29, 0.717) is 11.3 Å². The zero-order valence-corrected chi connectivity index (χ0v) is 9.84. The van der Waals surface area contributed by atoms with Gasteiger partial charge in [0.05, 0.1) is 0 Å². The second-order valence-electron chi connectivity index (χ2n) is 5.62. The Bertz CT molecular complexity index is 297. The maximum absolute atomic E-state index is 11.3. The van der Waals surface area contributed by atoms with Gasteiger partial charge in [0.25, 0.3) is 0 Å². The Hall–Kier alpha value is -0.860. The normalized spacial score (nSPS) is 31.3. The van der Waals surface area contributed by atoms with Crippen molar-refractivity contribution >= 4 is 11.7 Å². The molecule has 3 nitrogen and oxygen atoms in total. The van der Waals surface area contributed by atoms with E-state index in [9.17, 15) is 4.79 Å². The highest BCUT2D eigenvalue weighted by Crippen LogP contribution is 2.38. The van der Waals surface area contributed by atoms with Crippen LogP contribution in [0.15, 0.2) is 4.99 Å². The van der Waals surface area contributed by atoms with E-state index in [1.807, 2.05) is 6.92 Å². The molecule has 0 spiro atoms. The molecule has 3 heteroatoms. The van der Waals surface area contributed by atoms with Crippen molar-refractivity contribution in [2.24, 2.45) is 16.3 Å². The summed E-state index contributed by atoms with van der Waals surface area (Å²) in [5.74, 6) is 1.50. The second-order valence-corrected chi connectivity index (χ2v) is 5.62. The predicted molar refractivity (Wildman–Crippen MR) is 60.8 cm³/mol. The van der Waals surface area contributed by atoms with Gasteiger partial charge in [-0.25, -0.2) is 0 Å². The lowest BCUT2D eigenvalue weighted by Crippen LogP contribution is -2.35. The van der Waals surface area contributed by atoms with Gasteiger partial charge in [-0.1, -0.05) is 13.8 Å². The van der Waals surface area contributed by atoms with Crippen LogP contribution in [0, 0.1) is 11.3 Å². The first-order valence-corrected chi connectivity index (χ1v) is 5.86. The molecular weight excluding hydrogens is 188 g/mol. The molecule has 2 aliphatic rings. The lowest BCUT2D eigenvalue weighted by atomic mass is 9.73. The number of carbonyl (C=O) groups excluding carboxylic acids is 1. The molecule has 1 aliphatic carbocycles. The lowest BCUT2D eigenvalue weighted by molar-refractivity contribution is -0.119. The van der Waals surface area contributed by atoms with Crippen LogP contribution in [-0.2, 0) is 4.79 Å². The average Bonchev–Trinajstić information content (AvgIpc) is 2.47. The third kappa shape index (κ3) is 2.21. The summed E-state index contributed by atoms with van der Waals surface area (Å²) in [6.07, 6.45) is 4.81. The number of aliphatic imine (C=N–C) groups is 1. The molecule has 0 aromatic rings. The molecule has 0 saturated heterocycles. The minimum atomic E-state index is -0.171. The molecule has 1 aliphatic heterocycles. The van der Waals surface area contributed by atoms with Crippen LogP contribution in [-0.4, -0.2) is 17.8 Å². The van der Waals surface area contributed by atoms with Crippen LogP contribution in [0.4, 0.5) is 0 Å². The standard InChI is InChI=1S/C12H20N2O/c1-8-11(15)14-10(13-8)9-4-6-12(2,3)7-5-9/h8-9H,4-7H2,1-3H3,(H,13,14,15). The molecular formula is C12H20N2O. The minimum absolute atomic E-state index is 0.0647. The van der Waals surface area contributed by atoms with Gasteiger partial charge in [-0.15, -0.1) is 0 Å². The van der Waals surface area contributed by atoms with E-state index in [1.165, 1.54) is 25.7 Å².